The third-order valence-electron chi connectivity index (χ3n) is 4.97. The minimum absolute atomic E-state index is 0.0369. The van der Waals surface area contributed by atoms with Gasteiger partial charge in [0.15, 0.2) is 5.75 Å². The summed E-state index contributed by atoms with van der Waals surface area (Å²) in [6.07, 6.45) is 3.14. The topological polar surface area (TPSA) is 76.9 Å². The number of rotatable bonds is 7. The van der Waals surface area contributed by atoms with Crippen molar-refractivity contribution in [3.05, 3.63) is 28.3 Å². The first kappa shape index (κ1) is 17.9. The summed E-state index contributed by atoms with van der Waals surface area (Å²) < 4.78 is 10.9. The molecule has 1 aromatic carbocycles. The molecular weight excluding hydrogens is 322 g/mol. The van der Waals surface area contributed by atoms with Crippen molar-refractivity contribution in [3.8, 4) is 5.75 Å². The molecule has 0 radical (unpaired) electrons. The van der Waals surface area contributed by atoms with E-state index in [-0.39, 0.29) is 16.7 Å². The Labute approximate surface area is 148 Å². The molecule has 0 bridgehead atoms. The second-order valence-electron chi connectivity index (χ2n) is 6.79. The maximum absolute atomic E-state index is 11.5. The van der Waals surface area contributed by atoms with E-state index in [2.05, 4.69) is 10.2 Å². The van der Waals surface area contributed by atoms with E-state index in [0.717, 1.165) is 52.1 Å². The Bertz CT molecular complexity index is 582. The number of hydrogen-bond donors (Lipinski definition) is 1. The minimum atomic E-state index is -0.359. The van der Waals surface area contributed by atoms with Gasteiger partial charge in [0.2, 0.25) is 0 Å². The van der Waals surface area contributed by atoms with Crippen LogP contribution in [-0.4, -0.2) is 55.3 Å². The predicted octanol–water partition coefficient (Wildman–Crippen LogP) is 2.91. The number of nitrogens with one attached hydrogen (secondary N) is 1. The van der Waals surface area contributed by atoms with Gasteiger partial charge in [-0.15, -0.1) is 0 Å². The van der Waals surface area contributed by atoms with Crippen LogP contribution in [0.4, 0.5) is 11.4 Å². The Morgan fingerprint density at radius 2 is 2.16 bits per heavy atom. The van der Waals surface area contributed by atoms with Gasteiger partial charge in [0, 0.05) is 32.3 Å². The molecule has 1 aromatic rings. The number of nitro benzene ring substituents is 1. The molecule has 1 atom stereocenters. The molecule has 7 nitrogen and oxygen atoms in total. The third-order valence-corrected chi connectivity index (χ3v) is 4.97. The van der Waals surface area contributed by atoms with Crippen LogP contribution in [-0.2, 0) is 4.74 Å². The van der Waals surface area contributed by atoms with Crippen molar-refractivity contribution in [3.63, 3.8) is 0 Å². The Morgan fingerprint density at radius 1 is 1.36 bits per heavy atom. The van der Waals surface area contributed by atoms with Gasteiger partial charge in [-0.3, -0.25) is 10.1 Å². The highest BCUT2D eigenvalue weighted by molar-refractivity contribution is 5.68. The first-order chi connectivity index (χ1) is 12.2. The van der Waals surface area contributed by atoms with E-state index in [9.17, 15) is 10.1 Å². The van der Waals surface area contributed by atoms with Gasteiger partial charge in [-0.25, -0.2) is 0 Å². The number of piperidine rings is 1. The fourth-order valence-corrected chi connectivity index (χ4v) is 3.67. The quantitative estimate of drug-likeness (QED) is 0.602. The summed E-state index contributed by atoms with van der Waals surface area (Å²) in [5.41, 5.74) is 0.591. The molecule has 138 valence electrons. The molecule has 0 aliphatic carbocycles. The molecule has 1 unspecified atom stereocenters. The lowest BCUT2D eigenvalue weighted by molar-refractivity contribution is -0.385. The number of nitrogens with zero attached hydrogens (tertiary/aromatic N) is 2. The fourth-order valence-electron chi connectivity index (χ4n) is 3.67. The Kier molecular flexibility index (Phi) is 6.09. The van der Waals surface area contributed by atoms with Crippen LogP contribution in [0.2, 0.25) is 0 Å². The molecule has 0 spiro atoms. The van der Waals surface area contributed by atoms with Crippen LogP contribution >= 0.6 is 0 Å². The van der Waals surface area contributed by atoms with Crippen molar-refractivity contribution < 1.29 is 14.4 Å². The SMILES string of the molecule is CCOc1cccc(NC2CCN(CC3CCOC3)CC2)c1[N+](=O)[O-]. The molecule has 0 aromatic heterocycles. The molecule has 0 amide bonds. The van der Waals surface area contributed by atoms with Gasteiger partial charge in [0.25, 0.3) is 0 Å². The Morgan fingerprint density at radius 3 is 2.80 bits per heavy atom. The highest BCUT2D eigenvalue weighted by atomic mass is 16.6. The summed E-state index contributed by atoms with van der Waals surface area (Å²) in [7, 11) is 0. The largest absolute Gasteiger partial charge is 0.487 e. The van der Waals surface area contributed by atoms with Crippen LogP contribution < -0.4 is 10.1 Å². The number of nitro groups is 1. The predicted molar refractivity (Wildman–Crippen MR) is 96.3 cm³/mol. The van der Waals surface area contributed by atoms with E-state index in [4.69, 9.17) is 9.47 Å². The van der Waals surface area contributed by atoms with Gasteiger partial charge >= 0.3 is 5.69 Å². The monoisotopic (exact) mass is 349 g/mol. The molecule has 3 rings (SSSR count). The molecule has 0 saturated carbocycles. The highest BCUT2D eigenvalue weighted by Gasteiger charge is 2.26. The van der Waals surface area contributed by atoms with Crippen molar-refractivity contribution in [2.45, 2.75) is 32.2 Å². The first-order valence-corrected chi connectivity index (χ1v) is 9.14. The molecule has 2 aliphatic heterocycles. The lowest BCUT2D eigenvalue weighted by atomic mass is 10.0. The van der Waals surface area contributed by atoms with E-state index in [0.29, 0.717) is 24.0 Å². The van der Waals surface area contributed by atoms with Gasteiger partial charge in [-0.2, -0.15) is 0 Å². The van der Waals surface area contributed by atoms with E-state index < -0.39 is 0 Å². The van der Waals surface area contributed by atoms with Crippen molar-refractivity contribution in [1.29, 1.82) is 0 Å². The fraction of sp³-hybridized carbons (Fsp3) is 0.667. The second-order valence-corrected chi connectivity index (χ2v) is 6.79. The first-order valence-electron chi connectivity index (χ1n) is 9.14. The molecule has 2 saturated heterocycles. The molecule has 25 heavy (non-hydrogen) atoms. The van der Waals surface area contributed by atoms with Crippen molar-refractivity contribution in [1.82, 2.24) is 4.90 Å². The van der Waals surface area contributed by atoms with Crippen LogP contribution in [0.15, 0.2) is 18.2 Å². The molecule has 1 N–H and O–H groups in total. The van der Waals surface area contributed by atoms with Gasteiger partial charge in [-0.05, 0) is 44.2 Å². The summed E-state index contributed by atoms with van der Waals surface area (Å²) in [4.78, 5) is 13.6. The normalized spacial score (nSPS) is 22.0. The number of hydrogen-bond acceptors (Lipinski definition) is 6. The molecule has 2 aliphatic rings. The second kappa shape index (κ2) is 8.49. The lowest BCUT2D eigenvalue weighted by Crippen LogP contribution is -2.41. The van der Waals surface area contributed by atoms with Gasteiger partial charge in [0.1, 0.15) is 5.69 Å². The van der Waals surface area contributed by atoms with Gasteiger partial charge in [-0.1, -0.05) is 6.07 Å². The molecule has 7 heteroatoms. The average Bonchev–Trinajstić information content (AvgIpc) is 3.10. The Hall–Kier alpha value is -1.86. The summed E-state index contributed by atoms with van der Waals surface area (Å²) >= 11 is 0. The zero-order valence-corrected chi connectivity index (χ0v) is 14.8. The van der Waals surface area contributed by atoms with E-state index in [1.165, 1.54) is 0 Å². The van der Waals surface area contributed by atoms with E-state index in [1.807, 2.05) is 6.92 Å². The van der Waals surface area contributed by atoms with Crippen molar-refractivity contribution in [2.24, 2.45) is 5.92 Å². The van der Waals surface area contributed by atoms with E-state index >= 15 is 0 Å². The van der Waals surface area contributed by atoms with Crippen LogP contribution in [0.1, 0.15) is 26.2 Å². The van der Waals surface area contributed by atoms with Gasteiger partial charge < -0.3 is 19.7 Å². The van der Waals surface area contributed by atoms with Crippen LogP contribution in [0.5, 0.6) is 5.75 Å². The summed E-state index contributed by atoms with van der Waals surface area (Å²) in [5.74, 6) is 0.990. The number of anilines is 1. The number of ether oxygens (including phenoxy) is 2. The summed E-state index contributed by atoms with van der Waals surface area (Å²) in [6.45, 7) is 7.16. The minimum Gasteiger partial charge on any atom is -0.487 e. The van der Waals surface area contributed by atoms with E-state index in [1.54, 1.807) is 18.2 Å². The highest BCUT2D eigenvalue weighted by Crippen LogP contribution is 2.35. The zero-order valence-electron chi connectivity index (χ0n) is 14.8. The van der Waals surface area contributed by atoms with Gasteiger partial charge in [0.05, 0.1) is 18.1 Å². The lowest BCUT2D eigenvalue weighted by Gasteiger charge is -2.34. The average molecular weight is 349 g/mol. The van der Waals surface area contributed by atoms with Crippen LogP contribution in [0.25, 0.3) is 0 Å². The van der Waals surface area contributed by atoms with Crippen LogP contribution in [0.3, 0.4) is 0 Å². The van der Waals surface area contributed by atoms with Crippen LogP contribution in [0, 0.1) is 16.0 Å². The third kappa shape index (κ3) is 4.61. The molecule has 2 fully saturated rings. The maximum Gasteiger partial charge on any atom is 0.333 e. The summed E-state index contributed by atoms with van der Waals surface area (Å²) in [6, 6.07) is 5.48. The molecule has 2 heterocycles. The standard InChI is InChI=1S/C18H27N3O4/c1-2-25-17-5-3-4-16(18(17)21(22)23)19-15-6-9-20(10-7-15)12-14-8-11-24-13-14/h3-5,14-15,19H,2,6-13H2,1H3. The maximum atomic E-state index is 11.5. The number of para-hydroxylation sites is 1. The summed E-state index contributed by atoms with van der Waals surface area (Å²) in [5, 5.41) is 14.8. The Balaban J connectivity index is 1.58. The zero-order chi connectivity index (χ0) is 17.6. The smallest absolute Gasteiger partial charge is 0.333 e. The van der Waals surface area contributed by atoms with Crippen molar-refractivity contribution in [2.75, 3.05) is 44.8 Å². The molecular formula is C18H27N3O4. The number of likely N-dealkylation sites (tertiary alicyclic amines) is 1. The number of benzene rings is 1. The van der Waals surface area contributed by atoms with Crippen molar-refractivity contribution >= 4 is 11.4 Å².